The van der Waals surface area contributed by atoms with E-state index in [1.165, 1.54) is 0 Å². The lowest BCUT2D eigenvalue weighted by molar-refractivity contribution is -0.510. The van der Waals surface area contributed by atoms with Crippen LogP contribution in [0.15, 0.2) is 42.7 Å². The van der Waals surface area contributed by atoms with E-state index in [-0.39, 0.29) is 0 Å². The molecule has 0 saturated heterocycles. The molecule has 4 heteroatoms. The number of pyridine rings is 2. The number of hydrogen-bond donors (Lipinski definition) is 0. The highest BCUT2D eigenvalue weighted by Gasteiger charge is 2.18. The molecule has 0 aliphatic heterocycles. The van der Waals surface area contributed by atoms with Gasteiger partial charge in [-0.1, -0.05) is 0 Å². The molecule has 20 heavy (non-hydrogen) atoms. The van der Waals surface area contributed by atoms with Gasteiger partial charge in [0.15, 0.2) is 23.9 Å². The Morgan fingerprint density at radius 3 is 2.40 bits per heavy atom. The second-order valence-corrected chi connectivity index (χ2v) is 4.45. The van der Waals surface area contributed by atoms with E-state index in [9.17, 15) is 0 Å². The molecule has 0 fully saturated rings. The van der Waals surface area contributed by atoms with E-state index in [0.29, 0.717) is 17.2 Å². The summed E-state index contributed by atoms with van der Waals surface area (Å²) in [4.78, 5) is 0. The summed E-state index contributed by atoms with van der Waals surface area (Å²) in [6.07, 6.45) is 4.06. The van der Waals surface area contributed by atoms with Crippen LogP contribution in [0.5, 0.6) is 17.2 Å². The quantitative estimate of drug-likeness (QED) is 0.541. The molecular weight excluding hydrogens is 254 g/mol. The summed E-state index contributed by atoms with van der Waals surface area (Å²) in [5.74, 6) is 1.96. The normalized spacial score (nSPS) is 10.8. The first-order chi connectivity index (χ1) is 9.78. The van der Waals surface area contributed by atoms with Crippen molar-refractivity contribution in [2.24, 2.45) is 0 Å². The summed E-state index contributed by atoms with van der Waals surface area (Å²) in [7, 11) is 4.87. The standard InChI is InChI=1S/C16H16NO3/c1-18-14-8-11-10-17-7-5-4-6-12(17)9-13(11)15(19-2)16(14)20-3/h4-10H,1-3H3/q+1. The largest absolute Gasteiger partial charge is 0.493 e. The number of rotatable bonds is 3. The highest BCUT2D eigenvalue weighted by atomic mass is 16.5. The van der Waals surface area contributed by atoms with Crippen molar-refractivity contribution in [3.63, 3.8) is 0 Å². The lowest BCUT2D eigenvalue weighted by Crippen LogP contribution is -2.19. The van der Waals surface area contributed by atoms with E-state index in [1.54, 1.807) is 21.3 Å². The van der Waals surface area contributed by atoms with Gasteiger partial charge in [-0.25, -0.2) is 0 Å². The fourth-order valence-electron chi connectivity index (χ4n) is 2.46. The van der Waals surface area contributed by atoms with Gasteiger partial charge in [0.25, 0.3) is 0 Å². The van der Waals surface area contributed by atoms with Crippen molar-refractivity contribution >= 4 is 16.3 Å². The number of methoxy groups -OCH3 is 3. The molecule has 0 saturated carbocycles. The van der Waals surface area contributed by atoms with Crippen LogP contribution in [0.4, 0.5) is 0 Å². The van der Waals surface area contributed by atoms with Crippen molar-refractivity contribution in [2.75, 3.05) is 21.3 Å². The number of fused-ring (bicyclic) bond motifs is 2. The van der Waals surface area contributed by atoms with Gasteiger partial charge in [0.2, 0.25) is 11.3 Å². The summed E-state index contributed by atoms with van der Waals surface area (Å²) in [5, 5.41) is 2.03. The summed E-state index contributed by atoms with van der Waals surface area (Å²) in [5.41, 5.74) is 1.09. The van der Waals surface area contributed by atoms with Crippen molar-refractivity contribution in [3.8, 4) is 17.2 Å². The monoisotopic (exact) mass is 270 g/mol. The Bertz CT molecular complexity index is 783. The maximum Gasteiger partial charge on any atom is 0.211 e. The van der Waals surface area contributed by atoms with Gasteiger partial charge in [-0.15, -0.1) is 0 Å². The van der Waals surface area contributed by atoms with E-state index in [0.717, 1.165) is 16.3 Å². The van der Waals surface area contributed by atoms with Gasteiger partial charge >= 0.3 is 0 Å². The summed E-state index contributed by atoms with van der Waals surface area (Å²) in [6.45, 7) is 0. The van der Waals surface area contributed by atoms with E-state index in [1.807, 2.05) is 24.4 Å². The topological polar surface area (TPSA) is 31.8 Å². The van der Waals surface area contributed by atoms with Crippen LogP contribution in [0.25, 0.3) is 16.3 Å². The van der Waals surface area contributed by atoms with Crippen LogP contribution in [0, 0.1) is 0 Å². The molecule has 0 N–H and O–H groups in total. The molecule has 2 heterocycles. The van der Waals surface area contributed by atoms with Crippen molar-refractivity contribution < 1.29 is 18.6 Å². The van der Waals surface area contributed by atoms with Gasteiger partial charge in [-0.2, -0.15) is 4.40 Å². The molecule has 0 bridgehead atoms. The fraction of sp³-hybridized carbons (Fsp3) is 0.188. The second-order valence-electron chi connectivity index (χ2n) is 4.45. The molecule has 0 atom stereocenters. The molecule has 102 valence electrons. The summed E-state index contributed by atoms with van der Waals surface area (Å²) < 4.78 is 18.4. The number of benzene rings is 1. The van der Waals surface area contributed by atoms with Crippen molar-refractivity contribution in [3.05, 3.63) is 42.7 Å². The van der Waals surface area contributed by atoms with E-state index in [2.05, 4.69) is 22.7 Å². The first-order valence-electron chi connectivity index (χ1n) is 6.31. The Kier molecular flexibility index (Phi) is 3.06. The van der Waals surface area contributed by atoms with Crippen LogP contribution in [-0.2, 0) is 0 Å². The van der Waals surface area contributed by atoms with Crippen molar-refractivity contribution in [1.29, 1.82) is 0 Å². The lowest BCUT2D eigenvalue weighted by Gasteiger charge is -2.13. The molecule has 3 aromatic rings. The van der Waals surface area contributed by atoms with E-state index in [4.69, 9.17) is 14.2 Å². The molecule has 0 aliphatic rings. The Morgan fingerprint density at radius 1 is 0.900 bits per heavy atom. The highest BCUT2D eigenvalue weighted by Crippen LogP contribution is 2.43. The Hall–Kier alpha value is -2.49. The van der Waals surface area contributed by atoms with Gasteiger partial charge in [0, 0.05) is 23.6 Å². The van der Waals surface area contributed by atoms with Crippen LogP contribution < -0.4 is 18.6 Å². The molecular formula is C16H16NO3+. The molecule has 0 radical (unpaired) electrons. The molecule has 3 rings (SSSR count). The number of ether oxygens (including phenoxy) is 3. The third kappa shape index (κ3) is 1.81. The predicted molar refractivity (Wildman–Crippen MR) is 76.8 cm³/mol. The zero-order chi connectivity index (χ0) is 14.1. The third-order valence-corrected chi connectivity index (χ3v) is 3.39. The van der Waals surface area contributed by atoms with Crippen LogP contribution in [0.3, 0.4) is 0 Å². The molecule has 0 amide bonds. The fourth-order valence-corrected chi connectivity index (χ4v) is 2.46. The SMILES string of the molecule is COc1cc2c[n+]3ccccc3cc2c(OC)c1OC. The van der Waals surface area contributed by atoms with Crippen molar-refractivity contribution in [2.45, 2.75) is 0 Å². The lowest BCUT2D eigenvalue weighted by atomic mass is 10.1. The number of nitrogens with zero attached hydrogens (tertiary/aromatic N) is 1. The molecule has 2 aromatic heterocycles. The predicted octanol–water partition coefficient (Wildman–Crippen LogP) is 2.60. The minimum Gasteiger partial charge on any atom is -0.493 e. The molecule has 4 nitrogen and oxygen atoms in total. The van der Waals surface area contributed by atoms with E-state index < -0.39 is 0 Å². The second kappa shape index (κ2) is 4.89. The minimum atomic E-state index is 0.614. The highest BCUT2D eigenvalue weighted by molar-refractivity contribution is 5.93. The first kappa shape index (κ1) is 12.5. The molecule has 1 aromatic carbocycles. The molecule has 0 aliphatic carbocycles. The van der Waals surface area contributed by atoms with Gasteiger partial charge in [-0.3, -0.25) is 0 Å². The number of hydrogen-bond acceptors (Lipinski definition) is 3. The van der Waals surface area contributed by atoms with Crippen molar-refractivity contribution in [1.82, 2.24) is 0 Å². The van der Waals surface area contributed by atoms with Gasteiger partial charge in [0.05, 0.1) is 26.7 Å². The van der Waals surface area contributed by atoms with Crippen LogP contribution >= 0.6 is 0 Å². The minimum absolute atomic E-state index is 0.614. The Morgan fingerprint density at radius 2 is 1.70 bits per heavy atom. The maximum absolute atomic E-state index is 5.53. The molecule has 0 spiro atoms. The third-order valence-electron chi connectivity index (χ3n) is 3.39. The first-order valence-corrected chi connectivity index (χ1v) is 6.31. The zero-order valence-electron chi connectivity index (χ0n) is 11.7. The summed E-state index contributed by atoms with van der Waals surface area (Å²) in [6, 6.07) is 10.1. The molecule has 0 unspecified atom stereocenters. The van der Waals surface area contributed by atoms with Gasteiger partial charge in [-0.05, 0) is 12.1 Å². The maximum atomic E-state index is 5.53. The zero-order valence-corrected chi connectivity index (χ0v) is 11.7. The Balaban J connectivity index is 2.44. The van der Waals surface area contributed by atoms with E-state index >= 15 is 0 Å². The van der Waals surface area contributed by atoms with Gasteiger partial charge < -0.3 is 14.2 Å². The average molecular weight is 270 g/mol. The van der Waals surface area contributed by atoms with Crippen LogP contribution in [-0.4, -0.2) is 21.3 Å². The smallest absolute Gasteiger partial charge is 0.211 e. The number of aromatic nitrogens is 1. The Labute approximate surface area is 117 Å². The average Bonchev–Trinajstić information content (AvgIpc) is 2.50. The van der Waals surface area contributed by atoms with Gasteiger partial charge in [0.1, 0.15) is 0 Å². The van der Waals surface area contributed by atoms with Crippen LogP contribution in [0.2, 0.25) is 0 Å². The summed E-state index contributed by atoms with van der Waals surface area (Å²) >= 11 is 0. The van der Waals surface area contributed by atoms with Crippen LogP contribution in [0.1, 0.15) is 0 Å².